The van der Waals surface area contributed by atoms with Crippen LogP contribution < -0.4 is 4.74 Å². The van der Waals surface area contributed by atoms with Crippen LogP contribution in [0.15, 0.2) is 30.6 Å². The lowest BCUT2D eigenvalue weighted by atomic mass is 10.1. The molecule has 1 aromatic heterocycles. The average molecular weight is 284 g/mol. The summed E-state index contributed by atoms with van der Waals surface area (Å²) in [6.07, 6.45) is 5.00. The lowest BCUT2D eigenvalue weighted by Gasteiger charge is -2.09. The van der Waals surface area contributed by atoms with Crippen molar-refractivity contribution < 1.29 is 9.84 Å². The highest BCUT2D eigenvalue weighted by Gasteiger charge is 2.03. The summed E-state index contributed by atoms with van der Waals surface area (Å²) in [6, 6.07) is 5.88. The van der Waals surface area contributed by atoms with Gasteiger partial charge in [0.1, 0.15) is 11.6 Å². The SMILES string of the molecule is Cc1cc(C#CCCO)ccc1OCCc1nccn1C. The third-order valence-corrected chi connectivity index (χ3v) is 3.15. The Bertz CT molecular complexity index is 650. The summed E-state index contributed by atoms with van der Waals surface area (Å²) in [7, 11) is 1.98. The second-order valence-corrected chi connectivity index (χ2v) is 4.81. The molecule has 110 valence electrons. The van der Waals surface area contributed by atoms with Gasteiger partial charge in [0.2, 0.25) is 0 Å². The van der Waals surface area contributed by atoms with E-state index in [0.29, 0.717) is 13.0 Å². The predicted octanol–water partition coefficient (Wildman–Crippen LogP) is 2.08. The van der Waals surface area contributed by atoms with Crippen molar-refractivity contribution in [2.45, 2.75) is 19.8 Å². The molecule has 0 aliphatic carbocycles. The first kappa shape index (κ1) is 15.1. The molecule has 0 unspecified atom stereocenters. The first-order chi connectivity index (χ1) is 10.2. The summed E-state index contributed by atoms with van der Waals surface area (Å²) in [4.78, 5) is 4.27. The van der Waals surface area contributed by atoms with Gasteiger partial charge in [-0.05, 0) is 30.7 Å². The highest BCUT2D eigenvalue weighted by molar-refractivity contribution is 5.43. The van der Waals surface area contributed by atoms with E-state index in [9.17, 15) is 0 Å². The van der Waals surface area contributed by atoms with E-state index in [2.05, 4.69) is 16.8 Å². The smallest absolute Gasteiger partial charge is 0.122 e. The van der Waals surface area contributed by atoms with Gasteiger partial charge in [0.15, 0.2) is 0 Å². The van der Waals surface area contributed by atoms with E-state index in [1.165, 1.54) is 0 Å². The quantitative estimate of drug-likeness (QED) is 0.855. The summed E-state index contributed by atoms with van der Waals surface area (Å²) in [6.45, 7) is 2.70. The first-order valence-corrected chi connectivity index (χ1v) is 7.00. The standard InChI is InChI=1S/C17H20N2O2/c1-14-13-15(5-3-4-11-20)6-7-16(14)21-12-8-17-18-9-10-19(17)2/h6-7,9-10,13,20H,4,8,11-12H2,1-2H3. The number of aromatic nitrogens is 2. The Morgan fingerprint density at radius 1 is 1.38 bits per heavy atom. The van der Waals surface area contributed by atoms with Crippen molar-refractivity contribution in [1.82, 2.24) is 9.55 Å². The number of rotatable bonds is 5. The third kappa shape index (κ3) is 4.37. The normalized spacial score (nSPS) is 10.0. The Morgan fingerprint density at radius 2 is 2.24 bits per heavy atom. The fourth-order valence-corrected chi connectivity index (χ4v) is 2.00. The molecule has 1 heterocycles. The van der Waals surface area contributed by atoms with Gasteiger partial charge in [0.25, 0.3) is 0 Å². The fraction of sp³-hybridized carbons (Fsp3) is 0.353. The minimum atomic E-state index is 0.0976. The van der Waals surface area contributed by atoms with E-state index in [1.807, 2.05) is 42.9 Å². The molecule has 0 fully saturated rings. The van der Waals surface area contributed by atoms with Crippen LogP contribution in [0, 0.1) is 18.8 Å². The van der Waals surface area contributed by atoms with E-state index < -0.39 is 0 Å². The lowest BCUT2D eigenvalue weighted by Crippen LogP contribution is -2.06. The molecular formula is C17H20N2O2. The number of hydrogen-bond acceptors (Lipinski definition) is 3. The summed E-state index contributed by atoms with van der Waals surface area (Å²) in [5.74, 6) is 7.82. The minimum absolute atomic E-state index is 0.0976. The zero-order valence-electron chi connectivity index (χ0n) is 12.5. The van der Waals surface area contributed by atoms with Gasteiger partial charge < -0.3 is 14.4 Å². The summed E-state index contributed by atoms with van der Waals surface area (Å²) in [5.41, 5.74) is 2.00. The van der Waals surface area contributed by atoms with Gasteiger partial charge in [-0.25, -0.2) is 4.98 Å². The number of benzene rings is 1. The molecule has 0 radical (unpaired) electrons. The van der Waals surface area contributed by atoms with E-state index >= 15 is 0 Å². The third-order valence-electron chi connectivity index (χ3n) is 3.15. The molecule has 0 aliphatic heterocycles. The number of aliphatic hydroxyl groups is 1. The summed E-state index contributed by atoms with van der Waals surface area (Å²) >= 11 is 0. The zero-order valence-corrected chi connectivity index (χ0v) is 12.5. The molecule has 1 aromatic carbocycles. The second kappa shape index (κ2) is 7.51. The van der Waals surface area contributed by atoms with E-state index in [0.717, 1.165) is 29.1 Å². The van der Waals surface area contributed by atoms with Crippen LogP contribution in [0.2, 0.25) is 0 Å². The van der Waals surface area contributed by atoms with Crippen molar-refractivity contribution in [3.05, 3.63) is 47.5 Å². The van der Waals surface area contributed by atoms with E-state index in [-0.39, 0.29) is 6.61 Å². The van der Waals surface area contributed by atoms with Crippen molar-refractivity contribution in [2.24, 2.45) is 7.05 Å². The molecule has 0 spiro atoms. The Hall–Kier alpha value is -2.25. The number of aryl methyl sites for hydroxylation is 2. The molecule has 0 saturated heterocycles. The van der Waals surface area contributed by atoms with Crippen LogP contribution in [-0.2, 0) is 13.5 Å². The van der Waals surface area contributed by atoms with Gasteiger partial charge in [-0.1, -0.05) is 11.8 Å². The maximum Gasteiger partial charge on any atom is 0.122 e. The molecule has 21 heavy (non-hydrogen) atoms. The monoisotopic (exact) mass is 284 g/mol. The van der Waals surface area contributed by atoms with Crippen LogP contribution in [0.4, 0.5) is 0 Å². The molecule has 0 atom stereocenters. The zero-order chi connectivity index (χ0) is 15.1. The number of ether oxygens (including phenoxy) is 1. The molecule has 2 rings (SSSR count). The fourth-order valence-electron chi connectivity index (χ4n) is 2.00. The average Bonchev–Trinajstić information content (AvgIpc) is 2.87. The predicted molar refractivity (Wildman–Crippen MR) is 82.2 cm³/mol. The number of hydrogen-bond donors (Lipinski definition) is 1. The van der Waals surface area contributed by atoms with Gasteiger partial charge in [-0.2, -0.15) is 0 Å². The Labute approximate surface area is 125 Å². The molecule has 4 nitrogen and oxygen atoms in total. The van der Waals surface area contributed by atoms with Crippen LogP contribution in [0.1, 0.15) is 23.4 Å². The summed E-state index contributed by atoms with van der Waals surface area (Å²) in [5, 5.41) is 8.71. The van der Waals surface area contributed by atoms with Gasteiger partial charge in [-0.15, -0.1) is 0 Å². The van der Waals surface area contributed by atoms with E-state index in [1.54, 1.807) is 6.20 Å². The Balaban J connectivity index is 1.92. The molecular weight excluding hydrogens is 264 g/mol. The van der Waals surface area contributed by atoms with Crippen LogP contribution in [0.5, 0.6) is 5.75 Å². The van der Waals surface area contributed by atoms with Gasteiger partial charge in [0, 0.05) is 37.8 Å². The van der Waals surface area contributed by atoms with Crippen LogP contribution in [-0.4, -0.2) is 27.9 Å². The molecule has 0 saturated carbocycles. The first-order valence-electron chi connectivity index (χ1n) is 7.00. The second-order valence-electron chi connectivity index (χ2n) is 4.81. The highest BCUT2D eigenvalue weighted by atomic mass is 16.5. The molecule has 0 aliphatic rings. The van der Waals surface area contributed by atoms with Gasteiger partial charge >= 0.3 is 0 Å². The molecule has 1 N–H and O–H groups in total. The number of imidazole rings is 1. The maximum absolute atomic E-state index is 8.71. The van der Waals surface area contributed by atoms with Gasteiger partial charge in [-0.3, -0.25) is 0 Å². The molecule has 2 aromatic rings. The van der Waals surface area contributed by atoms with Crippen LogP contribution in [0.3, 0.4) is 0 Å². The largest absolute Gasteiger partial charge is 0.493 e. The summed E-state index contributed by atoms with van der Waals surface area (Å²) < 4.78 is 7.80. The van der Waals surface area contributed by atoms with Crippen LogP contribution >= 0.6 is 0 Å². The number of aliphatic hydroxyl groups excluding tert-OH is 1. The number of nitrogens with zero attached hydrogens (tertiary/aromatic N) is 2. The minimum Gasteiger partial charge on any atom is -0.493 e. The molecule has 0 bridgehead atoms. The van der Waals surface area contributed by atoms with Crippen LogP contribution in [0.25, 0.3) is 0 Å². The highest BCUT2D eigenvalue weighted by Crippen LogP contribution is 2.19. The van der Waals surface area contributed by atoms with Gasteiger partial charge in [0.05, 0.1) is 13.2 Å². The van der Waals surface area contributed by atoms with E-state index in [4.69, 9.17) is 9.84 Å². The van der Waals surface area contributed by atoms with Crippen molar-refractivity contribution >= 4 is 0 Å². The topological polar surface area (TPSA) is 47.3 Å². The molecule has 4 heteroatoms. The Morgan fingerprint density at radius 3 is 2.90 bits per heavy atom. The van der Waals surface area contributed by atoms with Crippen molar-refractivity contribution in [3.63, 3.8) is 0 Å². The lowest BCUT2D eigenvalue weighted by molar-refractivity contribution is 0.305. The Kier molecular flexibility index (Phi) is 5.42. The van der Waals surface area contributed by atoms with Crippen molar-refractivity contribution in [3.8, 4) is 17.6 Å². The maximum atomic E-state index is 8.71. The van der Waals surface area contributed by atoms with Crippen molar-refractivity contribution in [2.75, 3.05) is 13.2 Å². The molecule has 0 amide bonds. The van der Waals surface area contributed by atoms with Crippen molar-refractivity contribution in [1.29, 1.82) is 0 Å².